The molecule has 20 heavy (non-hydrogen) atoms. The minimum absolute atomic E-state index is 0.0617. The van der Waals surface area contributed by atoms with Crippen LogP contribution in [0.15, 0.2) is 28.4 Å². The zero-order chi connectivity index (χ0) is 15.1. The predicted molar refractivity (Wildman–Crippen MR) is 78.8 cm³/mol. The van der Waals surface area contributed by atoms with E-state index in [1.54, 1.807) is 19.4 Å². The van der Waals surface area contributed by atoms with E-state index < -0.39 is 0 Å². The van der Waals surface area contributed by atoms with Gasteiger partial charge in [0.2, 0.25) is 5.88 Å². The highest BCUT2D eigenvalue weighted by molar-refractivity contribution is 5.52. The molecule has 1 aliphatic rings. The molecule has 0 unspecified atom stereocenters. The number of rotatable bonds is 1. The minimum Gasteiger partial charge on any atom is -0.440 e. The van der Waals surface area contributed by atoms with Crippen LogP contribution in [0.25, 0.3) is 6.08 Å². The van der Waals surface area contributed by atoms with Crippen LogP contribution >= 0.6 is 0 Å². The van der Waals surface area contributed by atoms with Gasteiger partial charge < -0.3 is 9.64 Å². The van der Waals surface area contributed by atoms with Crippen LogP contribution in [-0.2, 0) is 17.2 Å². The van der Waals surface area contributed by atoms with Crippen molar-refractivity contribution < 1.29 is 4.74 Å². The minimum atomic E-state index is -0.144. The summed E-state index contributed by atoms with van der Waals surface area (Å²) in [5.74, 6) is 0.589. The Morgan fingerprint density at radius 1 is 1.35 bits per heavy atom. The summed E-state index contributed by atoms with van der Waals surface area (Å²) in [6.45, 7) is 8.14. The van der Waals surface area contributed by atoms with Crippen molar-refractivity contribution in [1.82, 2.24) is 14.7 Å². The molecule has 108 valence electrons. The van der Waals surface area contributed by atoms with E-state index in [-0.39, 0.29) is 11.0 Å². The number of allylic oxidation sites excluding steroid dienone is 1. The van der Waals surface area contributed by atoms with Crippen molar-refractivity contribution in [3.63, 3.8) is 0 Å². The van der Waals surface area contributed by atoms with Gasteiger partial charge in [-0.3, -0.25) is 14.6 Å². The Labute approximate surface area is 118 Å². The summed E-state index contributed by atoms with van der Waals surface area (Å²) in [4.78, 5) is 14.1. The van der Waals surface area contributed by atoms with Gasteiger partial charge in [-0.2, -0.15) is 0 Å². The van der Waals surface area contributed by atoms with E-state index in [1.807, 2.05) is 18.9 Å². The van der Waals surface area contributed by atoms with E-state index in [9.17, 15) is 4.79 Å². The van der Waals surface area contributed by atoms with Crippen LogP contribution in [-0.4, -0.2) is 21.7 Å². The van der Waals surface area contributed by atoms with Gasteiger partial charge in [0, 0.05) is 25.6 Å². The molecule has 1 aromatic heterocycles. The Balaban J connectivity index is 2.50. The second-order valence-corrected chi connectivity index (χ2v) is 6.04. The Morgan fingerprint density at radius 3 is 2.50 bits per heavy atom. The van der Waals surface area contributed by atoms with E-state index in [4.69, 9.17) is 4.74 Å². The van der Waals surface area contributed by atoms with Crippen LogP contribution in [0.1, 0.15) is 39.0 Å². The smallest absolute Gasteiger partial charge is 0.274 e. The number of nitrogens with one attached hydrogen (secondary N) is 1. The third-order valence-electron chi connectivity index (χ3n) is 3.35. The topological polar surface area (TPSA) is 50.3 Å². The van der Waals surface area contributed by atoms with Gasteiger partial charge in [-0.15, -0.1) is 0 Å². The Bertz CT molecular complexity index is 677. The number of hydrogen-bond donors (Lipinski definition) is 1. The molecule has 1 N–H and O–H groups in total. The monoisotopic (exact) mass is 275 g/mol. The van der Waals surface area contributed by atoms with E-state index in [0.29, 0.717) is 11.4 Å². The van der Waals surface area contributed by atoms with Gasteiger partial charge in [-0.05, 0) is 6.92 Å². The lowest BCUT2D eigenvalue weighted by molar-refractivity contribution is 0.293. The van der Waals surface area contributed by atoms with Crippen LogP contribution in [0.4, 0.5) is 0 Å². The standard InChI is InChI=1S/C15H21N3O2/c1-10-9-20-12(17(10)5)8-7-11-13(15(2,3)4)16-18(6)14(11)19/h7,9,16H,1-6H3. The third kappa shape index (κ3) is 2.45. The summed E-state index contributed by atoms with van der Waals surface area (Å²) in [5, 5.41) is 3.10. The van der Waals surface area contributed by atoms with Crippen molar-refractivity contribution in [3.05, 3.63) is 45.2 Å². The fraction of sp³-hybridized carbons (Fsp3) is 0.467. The fourth-order valence-electron chi connectivity index (χ4n) is 2.00. The Morgan fingerprint density at radius 2 is 2.00 bits per heavy atom. The lowest BCUT2D eigenvalue weighted by Gasteiger charge is -2.17. The maximum Gasteiger partial charge on any atom is 0.274 e. The Hall–Kier alpha value is -2.13. The lowest BCUT2D eigenvalue weighted by atomic mass is 9.89. The number of nitrogens with zero attached hydrogens (tertiary/aromatic N) is 2. The fourth-order valence-corrected chi connectivity index (χ4v) is 2.00. The highest BCUT2D eigenvalue weighted by Crippen LogP contribution is 2.23. The summed E-state index contributed by atoms with van der Waals surface area (Å²) in [6, 6.07) is 0. The molecule has 5 nitrogen and oxygen atoms in total. The average molecular weight is 275 g/mol. The van der Waals surface area contributed by atoms with Gasteiger partial charge in [0.05, 0.1) is 17.0 Å². The Kier molecular flexibility index (Phi) is 3.40. The molecule has 2 heterocycles. The van der Waals surface area contributed by atoms with Crippen molar-refractivity contribution in [2.24, 2.45) is 7.05 Å². The molecule has 0 bridgehead atoms. The summed E-state index contributed by atoms with van der Waals surface area (Å²) >= 11 is 0. The molecule has 1 aliphatic heterocycles. The summed E-state index contributed by atoms with van der Waals surface area (Å²) in [6.07, 6.45) is 3.35. The quantitative estimate of drug-likeness (QED) is 0.800. The predicted octanol–water partition coefficient (Wildman–Crippen LogP) is 2.29. The summed E-state index contributed by atoms with van der Waals surface area (Å²) in [5.41, 5.74) is 5.36. The molecule has 0 fully saturated rings. The van der Waals surface area contributed by atoms with Crippen molar-refractivity contribution in [2.75, 3.05) is 7.05 Å². The largest absolute Gasteiger partial charge is 0.440 e. The van der Waals surface area contributed by atoms with Crippen molar-refractivity contribution in [3.8, 4) is 0 Å². The second kappa shape index (κ2) is 4.76. The second-order valence-electron chi connectivity index (χ2n) is 6.04. The first kappa shape index (κ1) is 14.3. The zero-order valence-corrected chi connectivity index (χ0v) is 12.9. The molecule has 0 aromatic carbocycles. The maximum atomic E-state index is 12.2. The number of H-pyrrole nitrogens is 1. The molecule has 0 aliphatic carbocycles. The van der Waals surface area contributed by atoms with E-state index >= 15 is 0 Å². The first-order valence-electron chi connectivity index (χ1n) is 6.55. The van der Waals surface area contributed by atoms with Crippen LogP contribution in [0, 0.1) is 0 Å². The summed E-state index contributed by atoms with van der Waals surface area (Å²) in [7, 11) is 3.61. The number of hydrogen-bond acceptors (Lipinski definition) is 3. The molecule has 1 aromatic rings. The van der Waals surface area contributed by atoms with Gasteiger partial charge in [0.1, 0.15) is 6.26 Å². The number of aryl methyl sites for hydroxylation is 1. The molecule has 5 heteroatoms. The van der Waals surface area contributed by atoms with Gasteiger partial charge in [-0.25, -0.2) is 0 Å². The third-order valence-corrected chi connectivity index (χ3v) is 3.35. The normalized spacial score (nSPS) is 15.0. The zero-order valence-electron chi connectivity index (χ0n) is 12.9. The van der Waals surface area contributed by atoms with Crippen LogP contribution in [0.2, 0.25) is 0 Å². The molecule has 0 saturated heterocycles. The molecular weight excluding hydrogens is 254 g/mol. The van der Waals surface area contributed by atoms with Crippen LogP contribution in [0.3, 0.4) is 0 Å². The van der Waals surface area contributed by atoms with Crippen LogP contribution in [0.5, 0.6) is 0 Å². The molecule has 0 radical (unpaired) electrons. The number of ether oxygens (including phenoxy) is 1. The van der Waals surface area contributed by atoms with Crippen molar-refractivity contribution in [2.45, 2.75) is 33.1 Å². The number of aromatic nitrogens is 2. The first-order chi connectivity index (χ1) is 9.21. The highest BCUT2D eigenvalue weighted by atomic mass is 16.5. The molecule has 0 saturated carbocycles. The van der Waals surface area contributed by atoms with Gasteiger partial charge >= 0.3 is 0 Å². The molecule has 0 amide bonds. The summed E-state index contributed by atoms with van der Waals surface area (Å²) < 4.78 is 6.88. The lowest BCUT2D eigenvalue weighted by Crippen LogP contribution is -2.15. The molecule has 0 spiro atoms. The van der Waals surface area contributed by atoms with Crippen molar-refractivity contribution >= 4 is 6.08 Å². The van der Waals surface area contributed by atoms with Gasteiger partial charge in [0.25, 0.3) is 5.56 Å². The molecule has 0 atom stereocenters. The molecule has 2 rings (SSSR count). The highest BCUT2D eigenvalue weighted by Gasteiger charge is 2.22. The van der Waals surface area contributed by atoms with E-state index in [1.165, 1.54) is 4.68 Å². The van der Waals surface area contributed by atoms with Gasteiger partial charge in [0.15, 0.2) is 0 Å². The molecular formula is C15H21N3O2. The van der Waals surface area contributed by atoms with Crippen molar-refractivity contribution in [1.29, 1.82) is 0 Å². The van der Waals surface area contributed by atoms with E-state index in [2.05, 4.69) is 31.6 Å². The van der Waals surface area contributed by atoms with E-state index in [0.717, 1.165) is 11.4 Å². The SMILES string of the molecule is CC1=COC(=C=Cc2c(C(C)(C)C)[nH]n(C)c2=O)N1C. The first-order valence-corrected chi connectivity index (χ1v) is 6.55. The average Bonchev–Trinajstić information content (AvgIpc) is 2.81. The van der Waals surface area contributed by atoms with Crippen LogP contribution < -0.4 is 5.56 Å². The maximum absolute atomic E-state index is 12.2. The van der Waals surface area contributed by atoms with Gasteiger partial charge in [-0.1, -0.05) is 26.5 Å². The number of aromatic amines is 1.